The lowest BCUT2D eigenvalue weighted by atomic mass is 10.2. The van der Waals surface area contributed by atoms with E-state index in [1.54, 1.807) is 6.08 Å². The molecule has 0 radical (unpaired) electrons. The molecule has 0 aliphatic rings. The van der Waals surface area contributed by atoms with Gasteiger partial charge in [0.2, 0.25) is 0 Å². The van der Waals surface area contributed by atoms with Gasteiger partial charge in [0.05, 0.1) is 11.2 Å². The number of halogens is 1. The van der Waals surface area contributed by atoms with E-state index in [1.807, 2.05) is 44.2 Å². The first-order valence-electron chi connectivity index (χ1n) is 6.69. The number of nitrogens with one attached hydrogen (secondary N) is 1. The number of allylic oxidation sites excluding steroid dienone is 6. The highest BCUT2D eigenvalue weighted by atomic mass is 19.1. The van der Waals surface area contributed by atoms with E-state index in [1.165, 1.54) is 13.0 Å². The molecule has 3 heteroatoms. The molecule has 0 unspecified atom stereocenters. The van der Waals surface area contributed by atoms with Crippen LogP contribution in [0.5, 0.6) is 0 Å². The van der Waals surface area contributed by atoms with Crippen molar-refractivity contribution in [3.63, 3.8) is 0 Å². The van der Waals surface area contributed by atoms with E-state index in [2.05, 4.69) is 23.5 Å². The van der Waals surface area contributed by atoms with Crippen molar-refractivity contribution in [3.8, 4) is 0 Å². The van der Waals surface area contributed by atoms with Gasteiger partial charge in [0.15, 0.2) is 0 Å². The Morgan fingerprint density at radius 2 is 2.05 bits per heavy atom. The molecule has 0 amide bonds. The summed E-state index contributed by atoms with van der Waals surface area (Å²) in [5.74, 6) is 0.399. The van der Waals surface area contributed by atoms with Crippen LogP contribution in [0.3, 0.4) is 0 Å². The largest absolute Gasteiger partial charge is 0.340 e. The highest BCUT2D eigenvalue weighted by Gasteiger charge is 1.97. The van der Waals surface area contributed by atoms with Crippen LogP contribution in [0, 0.1) is 0 Å². The summed E-state index contributed by atoms with van der Waals surface area (Å²) in [4.78, 5) is 4.43. The Hall–Kier alpha value is -2.42. The monoisotopic (exact) mass is 284 g/mol. The second kappa shape index (κ2) is 8.00. The van der Waals surface area contributed by atoms with E-state index in [-0.39, 0.29) is 5.83 Å². The zero-order chi connectivity index (χ0) is 15.8. The van der Waals surface area contributed by atoms with E-state index in [0.717, 1.165) is 16.5 Å². The Morgan fingerprint density at radius 3 is 2.62 bits per heavy atom. The molecular weight excluding hydrogens is 263 g/mol. The third kappa shape index (κ3) is 6.04. The molecule has 1 aromatic heterocycles. The van der Waals surface area contributed by atoms with Crippen LogP contribution in [-0.4, -0.2) is 4.98 Å². The van der Waals surface area contributed by atoms with E-state index >= 15 is 0 Å². The molecule has 0 bridgehead atoms. The average Bonchev–Trinajstić information content (AvgIpc) is 2.38. The minimum Gasteiger partial charge on any atom is -0.340 e. The van der Waals surface area contributed by atoms with E-state index in [0.29, 0.717) is 11.2 Å². The molecule has 0 aliphatic carbocycles. The highest BCUT2D eigenvalue weighted by Crippen LogP contribution is 2.07. The van der Waals surface area contributed by atoms with Crippen molar-refractivity contribution in [1.82, 2.24) is 4.98 Å². The van der Waals surface area contributed by atoms with Gasteiger partial charge < -0.3 is 5.32 Å². The molecule has 110 valence electrons. The normalized spacial score (nSPS) is 13.8. The first-order valence-corrected chi connectivity index (χ1v) is 6.69. The van der Waals surface area contributed by atoms with Crippen LogP contribution in [0.2, 0.25) is 0 Å². The van der Waals surface area contributed by atoms with Gasteiger partial charge in [-0.2, -0.15) is 0 Å². The SMILES string of the molecule is C=C(C)/C=C(\C=CC)Nc1ccc(=C)/c(=C\C=C(/C)F)n1. The van der Waals surface area contributed by atoms with Crippen molar-refractivity contribution in [2.24, 2.45) is 0 Å². The number of nitrogens with zero attached hydrogens (tertiary/aromatic N) is 1. The predicted octanol–water partition coefficient (Wildman–Crippen LogP) is 3.59. The minimum absolute atomic E-state index is 0.272. The fourth-order valence-electron chi connectivity index (χ4n) is 1.63. The van der Waals surface area contributed by atoms with Gasteiger partial charge in [-0.05, 0) is 62.4 Å². The van der Waals surface area contributed by atoms with Crippen LogP contribution in [0.4, 0.5) is 10.2 Å². The fourth-order valence-corrected chi connectivity index (χ4v) is 1.63. The fraction of sp³-hybridized carbons (Fsp3) is 0.167. The number of anilines is 1. The first-order chi connectivity index (χ1) is 9.92. The van der Waals surface area contributed by atoms with Gasteiger partial charge in [-0.25, -0.2) is 9.37 Å². The van der Waals surface area contributed by atoms with Gasteiger partial charge in [-0.15, -0.1) is 0 Å². The zero-order valence-electron chi connectivity index (χ0n) is 12.8. The molecule has 1 heterocycles. The maximum atomic E-state index is 12.8. The van der Waals surface area contributed by atoms with Gasteiger partial charge in [-0.3, -0.25) is 0 Å². The van der Waals surface area contributed by atoms with Gasteiger partial charge in [0.25, 0.3) is 0 Å². The van der Waals surface area contributed by atoms with Crippen molar-refractivity contribution >= 4 is 18.5 Å². The van der Waals surface area contributed by atoms with Crippen LogP contribution in [-0.2, 0) is 0 Å². The topological polar surface area (TPSA) is 24.9 Å². The second-order valence-corrected chi connectivity index (χ2v) is 4.73. The Morgan fingerprint density at radius 1 is 1.33 bits per heavy atom. The van der Waals surface area contributed by atoms with Crippen LogP contribution in [0.25, 0.3) is 12.7 Å². The number of pyridine rings is 1. The molecule has 1 aromatic rings. The Bertz CT molecular complexity index is 705. The molecule has 0 saturated heterocycles. The summed E-state index contributed by atoms with van der Waals surface area (Å²) < 4.78 is 12.8. The Labute approximate surface area is 125 Å². The molecule has 21 heavy (non-hydrogen) atoms. The summed E-state index contributed by atoms with van der Waals surface area (Å²) in [6, 6.07) is 3.68. The van der Waals surface area contributed by atoms with Crippen molar-refractivity contribution in [2.75, 3.05) is 5.32 Å². The molecule has 0 saturated carbocycles. The number of aromatic nitrogens is 1. The van der Waals surface area contributed by atoms with Crippen LogP contribution in [0.1, 0.15) is 20.8 Å². The molecule has 2 nitrogen and oxygen atoms in total. The standard InChI is InChI=1S/C18H21FN2/c1-6-7-16(12-13(2)3)20-18-11-8-14(4)17(21-18)10-9-15(5)19/h6-12H,2,4H2,1,3,5H3,(H,20,21)/b7-6?,15-9+,16-12+,17-10+. The predicted molar refractivity (Wildman–Crippen MR) is 89.7 cm³/mol. The van der Waals surface area contributed by atoms with Crippen molar-refractivity contribution in [3.05, 3.63) is 70.7 Å². The quantitative estimate of drug-likeness (QED) is 0.836. The van der Waals surface area contributed by atoms with Crippen LogP contribution < -0.4 is 15.9 Å². The zero-order valence-corrected chi connectivity index (χ0v) is 12.8. The molecule has 0 atom stereocenters. The lowest BCUT2D eigenvalue weighted by molar-refractivity contribution is 0.641. The lowest BCUT2D eigenvalue weighted by Crippen LogP contribution is -2.27. The van der Waals surface area contributed by atoms with Crippen molar-refractivity contribution < 1.29 is 4.39 Å². The van der Waals surface area contributed by atoms with Crippen molar-refractivity contribution in [1.29, 1.82) is 0 Å². The maximum Gasteiger partial charge on any atom is 0.131 e. The average molecular weight is 284 g/mol. The molecule has 1 N–H and O–H groups in total. The van der Waals surface area contributed by atoms with Crippen LogP contribution in [0.15, 0.2) is 60.1 Å². The Kier molecular flexibility index (Phi) is 6.34. The summed E-state index contributed by atoms with van der Waals surface area (Å²) in [5.41, 5.74) is 1.82. The summed E-state index contributed by atoms with van der Waals surface area (Å²) in [6.07, 6.45) is 8.77. The highest BCUT2D eigenvalue weighted by molar-refractivity contribution is 5.48. The van der Waals surface area contributed by atoms with Gasteiger partial charge >= 0.3 is 0 Å². The number of hydrogen-bond donors (Lipinski definition) is 1. The Balaban J connectivity index is 3.18. The lowest BCUT2D eigenvalue weighted by Gasteiger charge is -2.07. The summed E-state index contributed by atoms with van der Waals surface area (Å²) in [7, 11) is 0. The maximum absolute atomic E-state index is 12.8. The second-order valence-electron chi connectivity index (χ2n) is 4.73. The summed E-state index contributed by atoms with van der Waals surface area (Å²) >= 11 is 0. The number of hydrogen-bond acceptors (Lipinski definition) is 2. The third-order valence-corrected chi connectivity index (χ3v) is 2.50. The van der Waals surface area contributed by atoms with Crippen molar-refractivity contribution in [2.45, 2.75) is 20.8 Å². The van der Waals surface area contributed by atoms with E-state index in [4.69, 9.17) is 0 Å². The minimum atomic E-state index is -0.272. The molecule has 0 aliphatic heterocycles. The third-order valence-electron chi connectivity index (χ3n) is 2.50. The summed E-state index contributed by atoms with van der Waals surface area (Å²) in [6.45, 7) is 13.0. The van der Waals surface area contributed by atoms with Gasteiger partial charge in [0, 0.05) is 5.70 Å². The smallest absolute Gasteiger partial charge is 0.131 e. The summed E-state index contributed by atoms with van der Waals surface area (Å²) in [5, 5.41) is 4.58. The molecule has 0 fully saturated rings. The van der Waals surface area contributed by atoms with E-state index < -0.39 is 0 Å². The molecule has 0 aromatic carbocycles. The van der Waals surface area contributed by atoms with Gasteiger partial charge in [0.1, 0.15) is 5.82 Å². The van der Waals surface area contributed by atoms with E-state index in [9.17, 15) is 4.39 Å². The molecular formula is C18H21FN2. The molecule has 0 spiro atoms. The van der Waals surface area contributed by atoms with Crippen LogP contribution >= 0.6 is 0 Å². The van der Waals surface area contributed by atoms with Gasteiger partial charge in [-0.1, -0.05) is 24.8 Å². The molecule has 1 rings (SSSR count). The number of rotatable bonds is 5. The first kappa shape index (κ1) is 16.6.